The van der Waals surface area contributed by atoms with E-state index in [9.17, 15) is 0 Å². The number of nitrogens with two attached hydrogens (primary N) is 1. The van der Waals surface area contributed by atoms with Crippen LogP contribution in [0.4, 0.5) is 5.69 Å². The number of nitrogen functional groups attached to an aromatic ring is 1. The van der Waals surface area contributed by atoms with Gasteiger partial charge in [-0.1, -0.05) is 23.9 Å². The highest BCUT2D eigenvalue weighted by Crippen LogP contribution is 2.33. The Bertz CT molecular complexity index is 480. The topological polar surface area (TPSA) is 56.7 Å². The molecule has 0 bridgehead atoms. The van der Waals surface area contributed by atoms with E-state index in [1.807, 2.05) is 29.8 Å². The first-order valence-corrected chi connectivity index (χ1v) is 5.91. The van der Waals surface area contributed by atoms with E-state index in [1.54, 1.807) is 18.1 Å². The van der Waals surface area contributed by atoms with Gasteiger partial charge in [-0.2, -0.15) is 0 Å². The summed E-state index contributed by atoms with van der Waals surface area (Å²) < 4.78 is 1.91. The van der Waals surface area contributed by atoms with Gasteiger partial charge < -0.3 is 10.3 Å². The fourth-order valence-electron chi connectivity index (χ4n) is 1.42. The van der Waals surface area contributed by atoms with E-state index >= 15 is 0 Å². The highest BCUT2D eigenvalue weighted by Gasteiger charge is 2.10. The highest BCUT2D eigenvalue weighted by atomic mass is 32.2. The number of aromatic nitrogens is 3. The number of thioether (sulfide) groups is 1. The van der Waals surface area contributed by atoms with Crippen LogP contribution in [0.5, 0.6) is 0 Å². The molecule has 2 aromatic rings. The Morgan fingerprint density at radius 2 is 2.25 bits per heavy atom. The van der Waals surface area contributed by atoms with Crippen LogP contribution in [0.1, 0.15) is 17.7 Å². The van der Waals surface area contributed by atoms with Gasteiger partial charge in [-0.05, 0) is 24.6 Å². The quantitative estimate of drug-likeness (QED) is 0.653. The lowest BCUT2D eigenvalue weighted by Crippen LogP contribution is -1.95. The van der Waals surface area contributed by atoms with Crippen molar-refractivity contribution in [3.63, 3.8) is 0 Å². The summed E-state index contributed by atoms with van der Waals surface area (Å²) in [6.07, 6.45) is 1.70. The average molecular weight is 234 g/mol. The molecule has 0 unspecified atom stereocenters. The van der Waals surface area contributed by atoms with Gasteiger partial charge in [0.15, 0.2) is 5.16 Å². The molecule has 0 aliphatic heterocycles. The molecule has 1 aromatic carbocycles. The third-order valence-corrected chi connectivity index (χ3v) is 3.54. The van der Waals surface area contributed by atoms with Crippen LogP contribution in [0, 0.1) is 0 Å². The van der Waals surface area contributed by atoms with Gasteiger partial charge in [0.1, 0.15) is 6.33 Å². The predicted octanol–water partition coefficient (Wildman–Crippen LogP) is 2.25. The number of hydrogen-bond donors (Lipinski definition) is 1. The van der Waals surface area contributed by atoms with Crippen LogP contribution in [0.2, 0.25) is 0 Å². The van der Waals surface area contributed by atoms with Gasteiger partial charge in [-0.25, -0.2) is 0 Å². The normalized spacial score (nSPS) is 12.6. The maximum atomic E-state index is 5.76. The molecular weight excluding hydrogens is 220 g/mol. The molecule has 1 aromatic heterocycles. The summed E-state index contributed by atoms with van der Waals surface area (Å²) in [6, 6.07) is 7.93. The second kappa shape index (κ2) is 4.57. The molecule has 0 radical (unpaired) electrons. The van der Waals surface area contributed by atoms with Crippen LogP contribution in [0.3, 0.4) is 0 Å². The molecule has 0 aliphatic rings. The molecule has 0 spiro atoms. The van der Waals surface area contributed by atoms with Gasteiger partial charge in [-0.3, -0.25) is 0 Å². The fraction of sp³-hybridized carbons (Fsp3) is 0.273. The SMILES string of the molecule is C[C@H](Sc1nncn1C)c1cccc(N)c1. The standard InChI is InChI=1S/C11H14N4S/c1-8(9-4-3-5-10(12)6-9)16-11-14-13-7-15(11)2/h3-8H,12H2,1-2H3/t8-/m0/s1. The molecule has 0 saturated heterocycles. The van der Waals surface area contributed by atoms with E-state index in [1.165, 1.54) is 5.56 Å². The third kappa shape index (κ3) is 2.36. The largest absolute Gasteiger partial charge is 0.399 e. The molecule has 0 amide bonds. The van der Waals surface area contributed by atoms with Gasteiger partial charge in [0, 0.05) is 18.0 Å². The van der Waals surface area contributed by atoms with Crippen molar-refractivity contribution in [2.24, 2.45) is 7.05 Å². The second-order valence-electron chi connectivity index (χ2n) is 3.65. The van der Waals surface area contributed by atoms with Crippen LogP contribution in [-0.4, -0.2) is 14.8 Å². The Morgan fingerprint density at radius 1 is 1.44 bits per heavy atom. The summed E-state index contributed by atoms with van der Waals surface area (Å²) >= 11 is 1.67. The molecule has 1 heterocycles. The van der Waals surface area contributed by atoms with Crippen LogP contribution in [0.15, 0.2) is 35.7 Å². The first kappa shape index (κ1) is 11.0. The monoisotopic (exact) mass is 234 g/mol. The van der Waals surface area contributed by atoms with Gasteiger partial charge >= 0.3 is 0 Å². The van der Waals surface area contributed by atoms with Crippen molar-refractivity contribution < 1.29 is 0 Å². The maximum absolute atomic E-state index is 5.76. The number of benzene rings is 1. The molecule has 0 aliphatic carbocycles. The van der Waals surface area contributed by atoms with Crippen LogP contribution >= 0.6 is 11.8 Å². The van der Waals surface area contributed by atoms with E-state index in [-0.39, 0.29) is 0 Å². The Labute approximate surface area is 98.9 Å². The zero-order chi connectivity index (χ0) is 11.5. The van der Waals surface area contributed by atoms with Crippen molar-refractivity contribution >= 4 is 17.4 Å². The van der Waals surface area contributed by atoms with Gasteiger partial charge in [0.05, 0.1) is 0 Å². The van der Waals surface area contributed by atoms with Gasteiger partial charge in [0.2, 0.25) is 0 Å². The molecule has 0 fully saturated rings. The zero-order valence-electron chi connectivity index (χ0n) is 9.29. The predicted molar refractivity (Wildman–Crippen MR) is 66.1 cm³/mol. The number of aryl methyl sites for hydroxylation is 1. The summed E-state index contributed by atoms with van der Waals surface area (Å²) in [7, 11) is 1.94. The lowest BCUT2D eigenvalue weighted by atomic mass is 10.1. The maximum Gasteiger partial charge on any atom is 0.191 e. The second-order valence-corrected chi connectivity index (χ2v) is 4.96. The lowest BCUT2D eigenvalue weighted by molar-refractivity contribution is 0.785. The number of hydrogen-bond acceptors (Lipinski definition) is 4. The Balaban J connectivity index is 2.14. The molecule has 4 nitrogen and oxygen atoms in total. The highest BCUT2D eigenvalue weighted by molar-refractivity contribution is 7.99. The van der Waals surface area contributed by atoms with E-state index < -0.39 is 0 Å². The Morgan fingerprint density at radius 3 is 2.88 bits per heavy atom. The molecule has 16 heavy (non-hydrogen) atoms. The Kier molecular flexibility index (Phi) is 3.14. The summed E-state index contributed by atoms with van der Waals surface area (Å²) in [5.74, 6) is 0. The van der Waals surface area contributed by atoms with E-state index in [0.29, 0.717) is 5.25 Å². The number of rotatable bonds is 3. The van der Waals surface area contributed by atoms with Crippen LogP contribution in [0.25, 0.3) is 0 Å². The van der Waals surface area contributed by atoms with Gasteiger partial charge in [-0.15, -0.1) is 10.2 Å². The average Bonchev–Trinajstić information content (AvgIpc) is 2.64. The molecule has 2 rings (SSSR count). The van der Waals surface area contributed by atoms with E-state index in [0.717, 1.165) is 10.8 Å². The zero-order valence-corrected chi connectivity index (χ0v) is 10.1. The van der Waals surface area contributed by atoms with Crippen molar-refractivity contribution in [2.45, 2.75) is 17.3 Å². The molecule has 2 N–H and O–H groups in total. The molecule has 84 valence electrons. The van der Waals surface area contributed by atoms with Crippen LogP contribution in [-0.2, 0) is 7.05 Å². The summed E-state index contributed by atoms with van der Waals surface area (Å²) in [5.41, 5.74) is 7.75. The summed E-state index contributed by atoms with van der Waals surface area (Å²) in [5, 5.41) is 9.13. The fourth-order valence-corrected chi connectivity index (χ4v) is 2.32. The van der Waals surface area contributed by atoms with Crippen molar-refractivity contribution in [1.29, 1.82) is 0 Å². The lowest BCUT2D eigenvalue weighted by Gasteiger charge is -2.10. The third-order valence-electron chi connectivity index (χ3n) is 2.33. The number of anilines is 1. The van der Waals surface area contributed by atoms with Crippen LogP contribution < -0.4 is 5.73 Å². The van der Waals surface area contributed by atoms with Crippen molar-refractivity contribution in [3.05, 3.63) is 36.2 Å². The van der Waals surface area contributed by atoms with E-state index in [2.05, 4.69) is 23.2 Å². The summed E-state index contributed by atoms with van der Waals surface area (Å²) in [6.45, 7) is 2.13. The van der Waals surface area contributed by atoms with Crippen molar-refractivity contribution in [2.75, 3.05) is 5.73 Å². The van der Waals surface area contributed by atoms with Crippen molar-refractivity contribution in [3.8, 4) is 0 Å². The summed E-state index contributed by atoms with van der Waals surface area (Å²) in [4.78, 5) is 0. The molecule has 1 atom stereocenters. The first-order chi connectivity index (χ1) is 7.66. The minimum absolute atomic E-state index is 0.311. The first-order valence-electron chi connectivity index (χ1n) is 5.03. The Hall–Kier alpha value is -1.49. The van der Waals surface area contributed by atoms with Gasteiger partial charge in [0.25, 0.3) is 0 Å². The smallest absolute Gasteiger partial charge is 0.191 e. The molecular formula is C11H14N4S. The van der Waals surface area contributed by atoms with E-state index in [4.69, 9.17) is 5.73 Å². The number of nitrogens with zero attached hydrogens (tertiary/aromatic N) is 3. The molecule has 0 saturated carbocycles. The van der Waals surface area contributed by atoms with Crippen molar-refractivity contribution in [1.82, 2.24) is 14.8 Å². The molecule has 5 heteroatoms. The minimum Gasteiger partial charge on any atom is -0.399 e. The minimum atomic E-state index is 0.311.